The lowest BCUT2D eigenvalue weighted by molar-refractivity contribution is -0.120. The summed E-state index contributed by atoms with van der Waals surface area (Å²) in [5.41, 5.74) is 4.51. The first-order valence-corrected chi connectivity index (χ1v) is 8.10. The van der Waals surface area contributed by atoms with Crippen molar-refractivity contribution in [3.05, 3.63) is 58.7 Å². The number of nitrogens with zero attached hydrogens (tertiary/aromatic N) is 1. The summed E-state index contributed by atoms with van der Waals surface area (Å²) in [6.07, 6.45) is 1.69. The molecule has 4 nitrogen and oxygen atoms in total. The van der Waals surface area contributed by atoms with Gasteiger partial charge in [0.1, 0.15) is 12.0 Å². The highest BCUT2D eigenvalue weighted by atomic mass is 16.5. The highest BCUT2D eigenvalue weighted by molar-refractivity contribution is 5.97. The van der Waals surface area contributed by atoms with Crippen LogP contribution in [0.15, 0.2) is 36.4 Å². The van der Waals surface area contributed by atoms with Gasteiger partial charge < -0.3 is 9.64 Å². The smallest absolute Gasteiger partial charge is 0.265 e. The van der Waals surface area contributed by atoms with Crippen molar-refractivity contribution in [2.75, 3.05) is 11.5 Å². The van der Waals surface area contributed by atoms with E-state index >= 15 is 0 Å². The van der Waals surface area contributed by atoms with Crippen molar-refractivity contribution >= 4 is 17.9 Å². The molecule has 0 radical (unpaired) electrons. The summed E-state index contributed by atoms with van der Waals surface area (Å²) < 4.78 is 5.80. The molecule has 0 spiro atoms. The lowest BCUT2D eigenvalue weighted by Gasteiger charge is -2.23. The maximum absolute atomic E-state index is 12.7. The molecule has 0 aliphatic carbocycles. The monoisotopic (exact) mass is 323 g/mol. The van der Waals surface area contributed by atoms with Gasteiger partial charge in [0.2, 0.25) is 0 Å². The second kappa shape index (κ2) is 6.48. The zero-order chi connectivity index (χ0) is 17.3. The van der Waals surface area contributed by atoms with Gasteiger partial charge in [0.15, 0.2) is 6.61 Å². The lowest BCUT2D eigenvalue weighted by Crippen LogP contribution is -2.39. The number of benzene rings is 2. The van der Waals surface area contributed by atoms with Gasteiger partial charge >= 0.3 is 0 Å². The topological polar surface area (TPSA) is 46.6 Å². The van der Waals surface area contributed by atoms with Crippen LogP contribution in [0.1, 0.15) is 34.0 Å². The van der Waals surface area contributed by atoms with Crippen molar-refractivity contribution in [1.82, 2.24) is 0 Å². The van der Waals surface area contributed by atoms with Crippen molar-refractivity contribution in [3.63, 3.8) is 0 Å². The first kappa shape index (κ1) is 16.2. The average Bonchev–Trinajstić information content (AvgIpc) is 2.89. The Balaban J connectivity index is 1.76. The van der Waals surface area contributed by atoms with E-state index in [1.807, 2.05) is 43.9 Å². The lowest BCUT2D eigenvalue weighted by atomic mass is 10.1. The third kappa shape index (κ3) is 2.92. The van der Waals surface area contributed by atoms with Gasteiger partial charge in [0.05, 0.1) is 0 Å². The molecule has 0 N–H and O–H groups in total. The van der Waals surface area contributed by atoms with E-state index in [9.17, 15) is 9.59 Å². The van der Waals surface area contributed by atoms with Crippen LogP contribution in [0.2, 0.25) is 0 Å². The first-order valence-electron chi connectivity index (χ1n) is 8.10. The number of hydrogen-bond donors (Lipinski definition) is 0. The normalized spacial score (nSPS) is 16.0. The predicted octanol–water partition coefficient (Wildman–Crippen LogP) is 3.47. The number of para-hydroxylation sites is 1. The van der Waals surface area contributed by atoms with Crippen molar-refractivity contribution in [2.45, 2.75) is 33.2 Å². The molecule has 1 amide bonds. The Labute approximate surface area is 142 Å². The number of fused-ring (bicyclic) bond motifs is 1. The maximum atomic E-state index is 12.7. The molecule has 0 fully saturated rings. The van der Waals surface area contributed by atoms with E-state index in [2.05, 4.69) is 6.07 Å². The minimum atomic E-state index is -0.0503. The summed E-state index contributed by atoms with van der Waals surface area (Å²) in [4.78, 5) is 25.4. The van der Waals surface area contributed by atoms with Crippen molar-refractivity contribution < 1.29 is 14.3 Å². The fraction of sp³-hybridized carbons (Fsp3) is 0.300. The molecule has 1 aliphatic rings. The Morgan fingerprint density at radius 3 is 2.58 bits per heavy atom. The van der Waals surface area contributed by atoms with Crippen LogP contribution in [0.5, 0.6) is 5.75 Å². The maximum Gasteiger partial charge on any atom is 0.265 e. The van der Waals surface area contributed by atoms with Gasteiger partial charge in [-0.15, -0.1) is 0 Å². The first-order chi connectivity index (χ1) is 11.5. The second-order valence-corrected chi connectivity index (χ2v) is 6.34. The van der Waals surface area contributed by atoms with Gasteiger partial charge in [-0.1, -0.05) is 18.2 Å². The summed E-state index contributed by atoms with van der Waals surface area (Å²) in [6.45, 7) is 5.80. The van der Waals surface area contributed by atoms with Gasteiger partial charge in [0.25, 0.3) is 5.91 Å². The Morgan fingerprint density at radius 2 is 1.92 bits per heavy atom. The summed E-state index contributed by atoms with van der Waals surface area (Å²) in [5, 5.41) is 0. The number of carbonyl (C=O) groups is 2. The van der Waals surface area contributed by atoms with Crippen LogP contribution < -0.4 is 9.64 Å². The molecule has 1 atom stereocenters. The van der Waals surface area contributed by atoms with Crippen LogP contribution in [0, 0.1) is 13.8 Å². The zero-order valence-electron chi connectivity index (χ0n) is 14.2. The van der Waals surface area contributed by atoms with Crippen molar-refractivity contribution in [2.24, 2.45) is 0 Å². The van der Waals surface area contributed by atoms with E-state index in [4.69, 9.17) is 4.74 Å². The van der Waals surface area contributed by atoms with Crippen LogP contribution >= 0.6 is 0 Å². The molecule has 0 bridgehead atoms. The van der Waals surface area contributed by atoms with Crippen molar-refractivity contribution in [1.29, 1.82) is 0 Å². The number of aryl methyl sites for hydroxylation is 2. The quantitative estimate of drug-likeness (QED) is 0.809. The molecule has 4 heteroatoms. The molecule has 0 saturated heterocycles. The number of ether oxygens (including phenoxy) is 1. The van der Waals surface area contributed by atoms with Crippen LogP contribution in [-0.2, 0) is 11.2 Å². The molecule has 124 valence electrons. The van der Waals surface area contributed by atoms with E-state index < -0.39 is 0 Å². The molecule has 1 heterocycles. The van der Waals surface area contributed by atoms with Crippen LogP contribution in [-0.4, -0.2) is 24.8 Å². The second-order valence-electron chi connectivity index (χ2n) is 6.34. The Bertz CT molecular complexity index is 774. The van der Waals surface area contributed by atoms with Gasteiger partial charge in [-0.2, -0.15) is 0 Å². The summed E-state index contributed by atoms with van der Waals surface area (Å²) in [7, 11) is 0. The number of amides is 1. The molecule has 0 aromatic heterocycles. The number of carbonyl (C=O) groups excluding carboxylic acids is 2. The zero-order valence-corrected chi connectivity index (χ0v) is 14.2. The Hall–Kier alpha value is -2.62. The minimum Gasteiger partial charge on any atom is -0.483 e. The summed E-state index contributed by atoms with van der Waals surface area (Å²) in [6, 6.07) is 11.7. The van der Waals surface area contributed by atoms with Gasteiger partial charge in [-0.25, -0.2) is 0 Å². The fourth-order valence-electron chi connectivity index (χ4n) is 3.43. The van der Waals surface area contributed by atoms with Crippen LogP contribution in [0.4, 0.5) is 5.69 Å². The van der Waals surface area contributed by atoms with E-state index in [1.165, 1.54) is 5.56 Å². The molecule has 1 aliphatic heterocycles. The fourth-order valence-corrected chi connectivity index (χ4v) is 3.43. The standard InChI is InChI=1S/C20H21NO3/c1-13-8-16(11-22)9-14(2)20(13)24-12-19(23)21-15(3)10-17-6-4-5-7-18(17)21/h4-9,11,15H,10,12H2,1-3H3/t15-/m0/s1. The molecule has 0 unspecified atom stereocenters. The highest BCUT2D eigenvalue weighted by Gasteiger charge is 2.30. The molecular weight excluding hydrogens is 302 g/mol. The minimum absolute atomic E-state index is 0.0131. The summed E-state index contributed by atoms with van der Waals surface area (Å²) >= 11 is 0. The number of rotatable bonds is 4. The van der Waals surface area contributed by atoms with Crippen LogP contribution in [0.25, 0.3) is 0 Å². The van der Waals surface area contributed by atoms with E-state index in [0.29, 0.717) is 11.3 Å². The predicted molar refractivity (Wildman–Crippen MR) is 93.9 cm³/mol. The van der Waals surface area contributed by atoms with Crippen molar-refractivity contribution in [3.8, 4) is 5.75 Å². The SMILES string of the molecule is Cc1cc(C=O)cc(C)c1OCC(=O)N1c2ccccc2C[C@@H]1C. The van der Waals surface area contributed by atoms with Gasteiger partial charge in [0, 0.05) is 17.3 Å². The third-order valence-corrected chi connectivity index (χ3v) is 4.43. The molecule has 2 aromatic rings. The van der Waals surface area contributed by atoms with E-state index in [1.54, 1.807) is 12.1 Å². The van der Waals surface area contributed by atoms with Gasteiger partial charge in [-0.3, -0.25) is 9.59 Å². The Morgan fingerprint density at radius 1 is 1.25 bits per heavy atom. The largest absolute Gasteiger partial charge is 0.483 e. The molecule has 3 rings (SSSR count). The van der Waals surface area contributed by atoms with E-state index in [0.717, 1.165) is 29.5 Å². The van der Waals surface area contributed by atoms with Crippen LogP contribution in [0.3, 0.4) is 0 Å². The molecule has 2 aromatic carbocycles. The molecule has 0 saturated carbocycles. The number of hydrogen-bond acceptors (Lipinski definition) is 3. The highest BCUT2D eigenvalue weighted by Crippen LogP contribution is 2.32. The average molecular weight is 323 g/mol. The summed E-state index contributed by atoms with van der Waals surface area (Å²) in [5.74, 6) is 0.625. The van der Waals surface area contributed by atoms with E-state index in [-0.39, 0.29) is 18.6 Å². The number of aldehydes is 1. The third-order valence-electron chi connectivity index (χ3n) is 4.43. The molecular formula is C20H21NO3. The number of anilines is 1. The van der Waals surface area contributed by atoms with Gasteiger partial charge in [-0.05, 0) is 62.1 Å². The molecule has 24 heavy (non-hydrogen) atoms. The Kier molecular flexibility index (Phi) is 4.38.